The van der Waals surface area contributed by atoms with Crippen molar-refractivity contribution in [3.05, 3.63) is 52.3 Å². The van der Waals surface area contributed by atoms with Crippen molar-refractivity contribution in [3.8, 4) is 10.8 Å². The molecule has 1 aromatic carbocycles. The van der Waals surface area contributed by atoms with Gasteiger partial charge in [-0.1, -0.05) is 12.1 Å². The molecule has 2 aromatic heterocycles. The van der Waals surface area contributed by atoms with Crippen molar-refractivity contribution in [2.45, 2.75) is 30.7 Å². The van der Waals surface area contributed by atoms with Crippen LogP contribution in [-0.2, 0) is 21.4 Å². The van der Waals surface area contributed by atoms with E-state index in [1.54, 1.807) is 18.2 Å². The van der Waals surface area contributed by atoms with Crippen LogP contribution in [0.2, 0.25) is 0 Å². The quantitative estimate of drug-likeness (QED) is 0.594. The fourth-order valence-electron chi connectivity index (χ4n) is 3.19. The largest absolute Gasteiger partial charge is 0.437 e. The number of aromatic nitrogens is 2. The smallest absolute Gasteiger partial charge is 0.387 e. The molecule has 158 valence electrons. The van der Waals surface area contributed by atoms with Crippen LogP contribution in [0, 0.1) is 0 Å². The molecule has 0 bridgehead atoms. The van der Waals surface area contributed by atoms with E-state index in [9.17, 15) is 18.0 Å². The van der Waals surface area contributed by atoms with Gasteiger partial charge >= 0.3 is 5.76 Å². The second kappa shape index (κ2) is 8.54. The van der Waals surface area contributed by atoms with Crippen molar-refractivity contribution >= 4 is 33.0 Å². The predicted octanol–water partition coefficient (Wildman–Crippen LogP) is 2.38. The minimum atomic E-state index is -3.56. The minimum absolute atomic E-state index is 0.0145. The third-order valence-electron chi connectivity index (χ3n) is 4.71. The molecule has 11 heteroatoms. The van der Waals surface area contributed by atoms with E-state index in [0.29, 0.717) is 18.8 Å². The number of anilines is 1. The van der Waals surface area contributed by atoms with Gasteiger partial charge in [-0.3, -0.25) is 4.79 Å². The first-order valence-corrected chi connectivity index (χ1v) is 11.8. The summed E-state index contributed by atoms with van der Waals surface area (Å²) in [6, 6.07) is 9.79. The molecule has 1 aliphatic heterocycles. The van der Waals surface area contributed by atoms with Crippen LogP contribution in [0.5, 0.6) is 0 Å². The van der Waals surface area contributed by atoms with Crippen LogP contribution in [0.15, 0.2) is 55.9 Å². The molecule has 30 heavy (non-hydrogen) atoms. The van der Waals surface area contributed by atoms with Crippen molar-refractivity contribution in [2.75, 3.05) is 18.4 Å². The van der Waals surface area contributed by atoms with Gasteiger partial charge in [-0.2, -0.15) is 8.99 Å². The lowest BCUT2D eigenvalue weighted by atomic mass is 10.3. The van der Waals surface area contributed by atoms with Crippen LogP contribution in [0.1, 0.15) is 19.3 Å². The highest BCUT2D eigenvalue weighted by Gasteiger charge is 2.27. The van der Waals surface area contributed by atoms with Crippen LogP contribution in [0.3, 0.4) is 0 Å². The van der Waals surface area contributed by atoms with Crippen LogP contribution in [-0.4, -0.2) is 41.5 Å². The Morgan fingerprint density at radius 3 is 2.73 bits per heavy atom. The Morgan fingerprint density at radius 1 is 1.20 bits per heavy atom. The lowest BCUT2D eigenvalue weighted by Crippen LogP contribution is -2.28. The van der Waals surface area contributed by atoms with Gasteiger partial charge in [0.1, 0.15) is 0 Å². The van der Waals surface area contributed by atoms with E-state index in [0.717, 1.165) is 22.4 Å². The van der Waals surface area contributed by atoms with E-state index in [4.69, 9.17) is 4.42 Å². The Kier molecular flexibility index (Phi) is 5.84. The highest BCUT2D eigenvalue weighted by atomic mass is 32.2. The molecule has 1 fully saturated rings. The van der Waals surface area contributed by atoms with E-state index >= 15 is 0 Å². The molecular formula is C19H20N4O5S2. The van der Waals surface area contributed by atoms with Crippen molar-refractivity contribution in [2.24, 2.45) is 0 Å². The topological polar surface area (TPSA) is 115 Å². The second-order valence-electron chi connectivity index (χ2n) is 6.81. The molecule has 0 saturated carbocycles. The number of carbonyl (C=O) groups excluding carboxylic acids is 1. The summed E-state index contributed by atoms with van der Waals surface area (Å²) in [7, 11) is -3.56. The molecule has 9 nitrogen and oxygen atoms in total. The number of rotatable bonds is 7. The molecule has 3 heterocycles. The summed E-state index contributed by atoms with van der Waals surface area (Å²) < 4.78 is 33.0. The Morgan fingerprint density at radius 2 is 2.00 bits per heavy atom. The number of amides is 1. The van der Waals surface area contributed by atoms with Gasteiger partial charge in [0, 0.05) is 25.2 Å². The number of hydrogen-bond acceptors (Lipinski definition) is 7. The van der Waals surface area contributed by atoms with E-state index in [2.05, 4.69) is 10.4 Å². The number of thiophene rings is 1. The van der Waals surface area contributed by atoms with E-state index in [1.807, 2.05) is 11.4 Å². The van der Waals surface area contributed by atoms with Crippen LogP contribution >= 0.6 is 11.3 Å². The maximum atomic E-state index is 12.7. The standard InChI is InChI=1S/C19H20N4O5S2/c24-17(8-11-23-19(25)28-18(21-23)16-7-4-12-29-16)20-14-5-3-6-15(13-14)30(26,27)22-9-1-2-10-22/h3-7,12-13H,1-2,8-11H2,(H,20,24). The molecular weight excluding hydrogens is 428 g/mol. The lowest BCUT2D eigenvalue weighted by Gasteiger charge is -2.16. The van der Waals surface area contributed by atoms with Crippen LogP contribution in [0.4, 0.5) is 5.69 Å². The lowest BCUT2D eigenvalue weighted by molar-refractivity contribution is -0.116. The molecule has 0 spiro atoms. The van der Waals surface area contributed by atoms with Crippen molar-refractivity contribution in [1.29, 1.82) is 0 Å². The normalized spacial score (nSPS) is 14.8. The van der Waals surface area contributed by atoms with Gasteiger partial charge in [0.2, 0.25) is 15.9 Å². The molecule has 1 amide bonds. The Hall–Kier alpha value is -2.76. The first-order chi connectivity index (χ1) is 14.4. The number of carbonyl (C=O) groups is 1. The summed E-state index contributed by atoms with van der Waals surface area (Å²) >= 11 is 1.40. The molecule has 3 aromatic rings. The summed E-state index contributed by atoms with van der Waals surface area (Å²) in [5, 5.41) is 8.63. The second-order valence-corrected chi connectivity index (χ2v) is 9.70. The highest BCUT2D eigenvalue weighted by Crippen LogP contribution is 2.23. The Labute approximate surface area is 177 Å². The molecule has 0 aliphatic carbocycles. The zero-order valence-electron chi connectivity index (χ0n) is 16.0. The summed E-state index contributed by atoms with van der Waals surface area (Å²) in [4.78, 5) is 25.1. The summed E-state index contributed by atoms with van der Waals surface area (Å²) in [5.41, 5.74) is 0.382. The summed E-state index contributed by atoms with van der Waals surface area (Å²) in [6.07, 6.45) is 1.69. The van der Waals surface area contributed by atoms with Gasteiger partial charge < -0.3 is 9.73 Å². The Balaban J connectivity index is 1.40. The Bertz CT molecular complexity index is 1190. The average Bonchev–Trinajstić information content (AvgIpc) is 3.48. The first kappa shape index (κ1) is 20.5. The fraction of sp³-hybridized carbons (Fsp3) is 0.316. The van der Waals surface area contributed by atoms with E-state index in [1.165, 1.54) is 27.8 Å². The number of aryl methyl sites for hydroxylation is 1. The highest BCUT2D eigenvalue weighted by molar-refractivity contribution is 7.89. The number of nitrogens with zero attached hydrogens (tertiary/aromatic N) is 3. The first-order valence-electron chi connectivity index (χ1n) is 9.45. The van der Waals surface area contributed by atoms with E-state index in [-0.39, 0.29) is 29.7 Å². The number of nitrogens with one attached hydrogen (secondary N) is 1. The summed E-state index contributed by atoms with van der Waals surface area (Å²) in [5.74, 6) is -0.779. The third-order valence-corrected chi connectivity index (χ3v) is 7.46. The molecule has 1 saturated heterocycles. The SMILES string of the molecule is O=C(CCn1nc(-c2cccs2)oc1=O)Nc1cccc(S(=O)(=O)N2CCCC2)c1. The molecule has 0 unspecified atom stereocenters. The van der Waals surface area contributed by atoms with Gasteiger partial charge in [0.15, 0.2) is 0 Å². The fourth-order valence-corrected chi connectivity index (χ4v) is 5.40. The minimum Gasteiger partial charge on any atom is -0.387 e. The monoisotopic (exact) mass is 448 g/mol. The molecule has 1 N–H and O–H groups in total. The van der Waals surface area contributed by atoms with Crippen molar-refractivity contribution in [3.63, 3.8) is 0 Å². The van der Waals surface area contributed by atoms with Gasteiger partial charge in [-0.15, -0.1) is 16.4 Å². The maximum Gasteiger partial charge on any atom is 0.437 e. The van der Waals surface area contributed by atoms with Gasteiger partial charge in [-0.05, 0) is 42.5 Å². The van der Waals surface area contributed by atoms with Gasteiger partial charge in [0.05, 0.1) is 16.3 Å². The summed E-state index contributed by atoms with van der Waals surface area (Å²) in [6.45, 7) is 1.07. The van der Waals surface area contributed by atoms with Crippen molar-refractivity contribution in [1.82, 2.24) is 14.1 Å². The van der Waals surface area contributed by atoms with Crippen LogP contribution in [0.25, 0.3) is 10.8 Å². The molecule has 1 aliphatic rings. The molecule has 0 atom stereocenters. The molecule has 0 radical (unpaired) electrons. The maximum absolute atomic E-state index is 12.7. The third kappa shape index (κ3) is 4.37. The zero-order valence-corrected chi connectivity index (χ0v) is 17.6. The van der Waals surface area contributed by atoms with Crippen molar-refractivity contribution < 1.29 is 17.6 Å². The number of benzene rings is 1. The van der Waals surface area contributed by atoms with Crippen LogP contribution < -0.4 is 11.1 Å². The molecule has 4 rings (SSSR count). The van der Waals surface area contributed by atoms with Gasteiger partial charge in [-0.25, -0.2) is 13.2 Å². The predicted molar refractivity (Wildman–Crippen MR) is 112 cm³/mol. The van der Waals surface area contributed by atoms with E-state index < -0.39 is 15.8 Å². The zero-order chi connectivity index (χ0) is 21.1. The van der Waals surface area contributed by atoms with Gasteiger partial charge in [0.25, 0.3) is 5.89 Å². The average molecular weight is 449 g/mol. The number of sulfonamides is 1. The number of hydrogen-bond donors (Lipinski definition) is 1.